The van der Waals surface area contributed by atoms with Crippen LogP contribution in [-0.2, 0) is 14.8 Å². The van der Waals surface area contributed by atoms with Gasteiger partial charge in [0.25, 0.3) is 10.0 Å². The van der Waals surface area contributed by atoms with E-state index in [0.29, 0.717) is 30.5 Å². The highest BCUT2D eigenvalue weighted by molar-refractivity contribution is 7.89. The highest BCUT2D eigenvalue weighted by Crippen LogP contribution is 2.32. The SMILES string of the molecule is CNc1nc2sccn2c1S(=O)(=O)N1CCOCC1(C)C. The molecule has 1 fully saturated rings. The molecule has 0 atom stereocenters. The molecule has 0 radical (unpaired) electrons. The molecule has 7 nitrogen and oxygen atoms in total. The van der Waals surface area contributed by atoms with E-state index in [1.54, 1.807) is 17.6 Å². The Kier molecular flexibility index (Phi) is 3.47. The van der Waals surface area contributed by atoms with Crippen molar-refractivity contribution in [3.05, 3.63) is 11.6 Å². The Hall–Kier alpha value is -1.16. The minimum Gasteiger partial charge on any atom is -0.378 e. The van der Waals surface area contributed by atoms with Gasteiger partial charge in [-0.05, 0) is 13.8 Å². The van der Waals surface area contributed by atoms with E-state index in [0.717, 1.165) is 0 Å². The highest BCUT2D eigenvalue weighted by Gasteiger charge is 2.42. The summed E-state index contributed by atoms with van der Waals surface area (Å²) in [6.45, 7) is 4.87. The Balaban J connectivity index is 2.18. The largest absolute Gasteiger partial charge is 0.378 e. The molecule has 1 N–H and O–H groups in total. The van der Waals surface area contributed by atoms with Crippen LogP contribution in [-0.4, -0.2) is 54.5 Å². The number of hydrogen-bond acceptors (Lipinski definition) is 6. The average molecular weight is 330 g/mol. The van der Waals surface area contributed by atoms with Crippen molar-refractivity contribution in [3.8, 4) is 0 Å². The fraction of sp³-hybridized carbons (Fsp3) is 0.583. The number of hydrogen-bond donors (Lipinski definition) is 1. The molecule has 0 bridgehead atoms. The first-order chi connectivity index (χ1) is 9.88. The van der Waals surface area contributed by atoms with Gasteiger partial charge in [-0.25, -0.2) is 13.4 Å². The Labute approximate surface area is 127 Å². The molecule has 9 heteroatoms. The minimum absolute atomic E-state index is 0.191. The van der Waals surface area contributed by atoms with Gasteiger partial charge in [0.2, 0.25) is 0 Å². The number of morpholine rings is 1. The van der Waals surface area contributed by atoms with Crippen molar-refractivity contribution in [3.63, 3.8) is 0 Å². The normalized spacial score (nSPS) is 20.0. The van der Waals surface area contributed by atoms with Gasteiger partial charge in [0.15, 0.2) is 15.8 Å². The van der Waals surface area contributed by atoms with Crippen LogP contribution in [0.4, 0.5) is 5.82 Å². The number of imidazole rings is 1. The van der Waals surface area contributed by atoms with Crippen LogP contribution in [0.2, 0.25) is 0 Å². The van der Waals surface area contributed by atoms with Crippen LogP contribution >= 0.6 is 11.3 Å². The average Bonchev–Trinajstić information content (AvgIpc) is 2.96. The van der Waals surface area contributed by atoms with Crippen LogP contribution in [0.5, 0.6) is 0 Å². The molecule has 2 aromatic rings. The summed E-state index contributed by atoms with van der Waals surface area (Å²) in [5, 5.41) is 4.90. The monoisotopic (exact) mass is 330 g/mol. The predicted octanol–water partition coefficient (Wildman–Crippen LogP) is 1.24. The number of fused-ring (bicyclic) bond motifs is 1. The van der Waals surface area contributed by atoms with Gasteiger partial charge in [0.05, 0.1) is 18.8 Å². The molecule has 116 valence electrons. The summed E-state index contributed by atoms with van der Waals surface area (Å²) < 4.78 is 34.8. The van der Waals surface area contributed by atoms with Gasteiger partial charge in [-0.2, -0.15) is 4.31 Å². The zero-order valence-corrected chi connectivity index (χ0v) is 13.8. The zero-order valence-electron chi connectivity index (χ0n) is 12.2. The number of rotatable bonds is 3. The lowest BCUT2D eigenvalue weighted by Gasteiger charge is -2.40. The smallest absolute Gasteiger partial charge is 0.263 e. The third kappa shape index (κ3) is 2.24. The summed E-state index contributed by atoms with van der Waals surface area (Å²) in [5.74, 6) is 0.379. The quantitative estimate of drug-likeness (QED) is 0.916. The minimum atomic E-state index is -3.67. The number of nitrogens with zero attached hydrogens (tertiary/aromatic N) is 3. The first-order valence-corrected chi connectivity index (χ1v) is 8.94. The molecule has 21 heavy (non-hydrogen) atoms. The first-order valence-electron chi connectivity index (χ1n) is 6.62. The number of sulfonamides is 1. The lowest BCUT2D eigenvalue weighted by atomic mass is 10.1. The van der Waals surface area contributed by atoms with E-state index in [4.69, 9.17) is 4.74 Å². The highest BCUT2D eigenvalue weighted by atomic mass is 32.2. The van der Waals surface area contributed by atoms with Gasteiger partial charge < -0.3 is 10.1 Å². The Morgan fingerprint density at radius 3 is 2.90 bits per heavy atom. The molecular formula is C12H18N4O3S2. The van der Waals surface area contributed by atoms with E-state index in [2.05, 4.69) is 10.3 Å². The van der Waals surface area contributed by atoms with E-state index in [9.17, 15) is 8.42 Å². The van der Waals surface area contributed by atoms with Gasteiger partial charge >= 0.3 is 0 Å². The number of aromatic nitrogens is 2. The fourth-order valence-electron chi connectivity index (χ4n) is 2.57. The lowest BCUT2D eigenvalue weighted by Crippen LogP contribution is -2.55. The number of nitrogens with one attached hydrogen (secondary N) is 1. The zero-order chi connectivity index (χ0) is 15.3. The molecule has 1 saturated heterocycles. The van der Waals surface area contributed by atoms with Crippen molar-refractivity contribution < 1.29 is 13.2 Å². The summed E-state index contributed by atoms with van der Waals surface area (Å²) >= 11 is 1.40. The van der Waals surface area contributed by atoms with Gasteiger partial charge in [0.1, 0.15) is 0 Å². The maximum absolute atomic E-state index is 13.1. The molecule has 3 heterocycles. The Morgan fingerprint density at radius 2 is 2.24 bits per heavy atom. The maximum Gasteiger partial charge on any atom is 0.263 e. The van der Waals surface area contributed by atoms with Gasteiger partial charge in [-0.3, -0.25) is 4.40 Å². The Bertz CT molecular complexity index is 763. The number of anilines is 1. The number of ether oxygens (including phenoxy) is 1. The molecule has 0 saturated carbocycles. The van der Waals surface area contributed by atoms with Crippen molar-refractivity contribution in [2.75, 3.05) is 32.1 Å². The third-order valence-electron chi connectivity index (χ3n) is 3.56. The van der Waals surface area contributed by atoms with Crippen LogP contribution in [0.1, 0.15) is 13.8 Å². The van der Waals surface area contributed by atoms with Crippen LogP contribution in [0.15, 0.2) is 16.6 Å². The van der Waals surface area contributed by atoms with Crippen molar-refractivity contribution in [1.82, 2.24) is 13.7 Å². The van der Waals surface area contributed by atoms with Gasteiger partial charge in [0, 0.05) is 25.2 Å². The van der Waals surface area contributed by atoms with Crippen LogP contribution in [0, 0.1) is 0 Å². The van der Waals surface area contributed by atoms with E-state index >= 15 is 0 Å². The van der Waals surface area contributed by atoms with Crippen LogP contribution in [0.3, 0.4) is 0 Å². The second-order valence-electron chi connectivity index (χ2n) is 5.51. The first kappa shape index (κ1) is 14.8. The lowest BCUT2D eigenvalue weighted by molar-refractivity contribution is -0.00781. The third-order valence-corrected chi connectivity index (χ3v) is 6.45. The fourth-order valence-corrected chi connectivity index (χ4v) is 5.36. The van der Waals surface area contributed by atoms with Crippen molar-refractivity contribution in [1.29, 1.82) is 0 Å². The number of thiazole rings is 1. The van der Waals surface area contributed by atoms with Gasteiger partial charge in [-0.1, -0.05) is 0 Å². The standard InChI is InChI=1S/C12H18N4O3S2/c1-12(2)8-19-6-4-16(12)21(17,18)10-9(13-3)14-11-15(10)5-7-20-11/h5,7,13H,4,6,8H2,1-3H3. The topological polar surface area (TPSA) is 75.9 Å². The van der Waals surface area contributed by atoms with E-state index < -0.39 is 15.6 Å². The van der Waals surface area contributed by atoms with E-state index in [-0.39, 0.29) is 5.03 Å². The van der Waals surface area contributed by atoms with Crippen molar-refractivity contribution >= 4 is 32.1 Å². The summed E-state index contributed by atoms with van der Waals surface area (Å²) in [5.41, 5.74) is -0.581. The second kappa shape index (κ2) is 4.94. The van der Waals surface area contributed by atoms with Crippen molar-refractivity contribution in [2.45, 2.75) is 24.4 Å². The Morgan fingerprint density at radius 1 is 1.48 bits per heavy atom. The molecule has 1 aliphatic heterocycles. The van der Waals surface area contributed by atoms with Crippen molar-refractivity contribution in [2.24, 2.45) is 0 Å². The van der Waals surface area contributed by atoms with E-state index in [1.807, 2.05) is 19.2 Å². The maximum atomic E-state index is 13.1. The molecule has 2 aromatic heterocycles. The molecule has 0 spiro atoms. The molecule has 0 amide bonds. The van der Waals surface area contributed by atoms with Crippen LogP contribution < -0.4 is 5.32 Å². The predicted molar refractivity (Wildman–Crippen MR) is 81.4 cm³/mol. The molecule has 1 aliphatic rings. The molecule has 0 aromatic carbocycles. The molecule has 0 aliphatic carbocycles. The summed E-state index contributed by atoms with van der Waals surface area (Å²) in [7, 11) is -1.99. The summed E-state index contributed by atoms with van der Waals surface area (Å²) in [6, 6.07) is 0. The summed E-state index contributed by atoms with van der Waals surface area (Å²) in [6.07, 6.45) is 1.73. The molecule has 0 unspecified atom stereocenters. The van der Waals surface area contributed by atoms with Crippen LogP contribution in [0.25, 0.3) is 4.96 Å². The van der Waals surface area contributed by atoms with Gasteiger partial charge in [-0.15, -0.1) is 11.3 Å². The van der Waals surface area contributed by atoms with E-state index in [1.165, 1.54) is 15.6 Å². The molecular weight excluding hydrogens is 312 g/mol. The summed E-state index contributed by atoms with van der Waals surface area (Å²) in [4.78, 5) is 4.99. The molecule has 3 rings (SSSR count). The second-order valence-corrected chi connectivity index (χ2v) is 8.16.